The molecule has 0 aromatic heterocycles. The monoisotopic (exact) mass is 270 g/mol. The Labute approximate surface area is 97.4 Å². The smallest absolute Gasteiger partial charge is 0.130 e. The van der Waals surface area contributed by atoms with Crippen LogP contribution in [0.2, 0.25) is 0 Å². The van der Waals surface area contributed by atoms with Gasteiger partial charge in [-0.25, -0.2) is 4.39 Å². The van der Waals surface area contributed by atoms with Gasteiger partial charge in [0, 0.05) is 16.5 Å². The molecule has 0 saturated heterocycles. The van der Waals surface area contributed by atoms with Gasteiger partial charge in [-0.2, -0.15) is 0 Å². The molecule has 0 aliphatic heterocycles. The molecule has 3 heteroatoms. The van der Waals surface area contributed by atoms with E-state index < -0.39 is 11.9 Å². The maximum atomic E-state index is 13.4. The first-order valence-electron chi connectivity index (χ1n) is 4.71. The number of benzene rings is 1. The standard InChI is InChI=1S/C12H12BrFO/c1-2-3-4-5-12(15)10-7-6-9(13)8-11(10)14/h1,6-8,12,15H,3-5H2. The van der Waals surface area contributed by atoms with Crippen LogP contribution in [-0.4, -0.2) is 5.11 Å². The minimum absolute atomic E-state index is 0.329. The van der Waals surface area contributed by atoms with Gasteiger partial charge in [0.2, 0.25) is 0 Å². The molecule has 1 N–H and O–H groups in total. The van der Waals surface area contributed by atoms with Crippen LogP contribution in [0.3, 0.4) is 0 Å². The SMILES string of the molecule is C#CCCCC(O)c1ccc(Br)cc1F. The fourth-order valence-corrected chi connectivity index (χ4v) is 1.66. The molecular weight excluding hydrogens is 259 g/mol. The van der Waals surface area contributed by atoms with E-state index in [1.165, 1.54) is 6.07 Å². The lowest BCUT2D eigenvalue weighted by molar-refractivity contribution is 0.160. The van der Waals surface area contributed by atoms with Gasteiger partial charge in [-0.3, -0.25) is 0 Å². The third-order valence-corrected chi connectivity index (χ3v) is 2.61. The summed E-state index contributed by atoms with van der Waals surface area (Å²) in [5.74, 6) is 2.09. The number of hydrogen-bond donors (Lipinski definition) is 1. The average molecular weight is 271 g/mol. The summed E-state index contributed by atoms with van der Waals surface area (Å²) in [6.07, 6.45) is 6.12. The molecule has 0 radical (unpaired) electrons. The fourth-order valence-electron chi connectivity index (χ4n) is 1.32. The van der Waals surface area contributed by atoms with Crippen LogP contribution in [0.1, 0.15) is 30.9 Å². The molecule has 1 aromatic rings. The van der Waals surface area contributed by atoms with Gasteiger partial charge in [0.15, 0.2) is 0 Å². The minimum atomic E-state index is -0.772. The number of aliphatic hydroxyl groups excluding tert-OH is 1. The first-order valence-corrected chi connectivity index (χ1v) is 5.51. The van der Waals surface area contributed by atoms with Gasteiger partial charge < -0.3 is 5.11 Å². The predicted octanol–water partition coefficient (Wildman–Crippen LogP) is 3.43. The van der Waals surface area contributed by atoms with Crippen molar-refractivity contribution in [3.8, 4) is 12.3 Å². The summed E-state index contributed by atoms with van der Waals surface area (Å²) in [5, 5.41) is 9.69. The highest BCUT2D eigenvalue weighted by Gasteiger charge is 2.12. The summed E-state index contributed by atoms with van der Waals surface area (Å²) in [7, 11) is 0. The quantitative estimate of drug-likeness (QED) is 0.657. The molecule has 15 heavy (non-hydrogen) atoms. The van der Waals surface area contributed by atoms with Crippen LogP contribution < -0.4 is 0 Å². The topological polar surface area (TPSA) is 20.2 Å². The normalized spacial score (nSPS) is 12.1. The van der Waals surface area contributed by atoms with E-state index in [-0.39, 0.29) is 0 Å². The zero-order valence-corrected chi connectivity index (χ0v) is 9.80. The van der Waals surface area contributed by atoms with E-state index >= 15 is 0 Å². The largest absolute Gasteiger partial charge is 0.388 e. The molecule has 0 aliphatic rings. The first-order chi connectivity index (χ1) is 7.15. The number of unbranched alkanes of at least 4 members (excludes halogenated alkanes) is 1. The maximum Gasteiger partial charge on any atom is 0.130 e. The second-order valence-corrected chi connectivity index (χ2v) is 4.19. The molecule has 0 saturated carbocycles. The van der Waals surface area contributed by atoms with Gasteiger partial charge in [-0.15, -0.1) is 12.3 Å². The summed E-state index contributed by atoms with van der Waals surface area (Å²) < 4.78 is 14.0. The van der Waals surface area contributed by atoms with Gasteiger partial charge in [-0.1, -0.05) is 22.0 Å². The van der Waals surface area contributed by atoms with E-state index in [1.54, 1.807) is 12.1 Å². The molecule has 1 nitrogen and oxygen atoms in total. The van der Waals surface area contributed by atoms with Crippen molar-refractivity contribution in [2.24, 2.45) is 0 Å². The molecule has 1 unspecified atom stereocenters. The number of halogens is 2. The van der Waals surface area contributed by atoms with Gasteiger partial charge in [0.05, 0.1) is 6.10 Å². The number of aliphatic hydroxyl groups is 1. The number of rotatable bonds is 4. The molecule has 0 amide bonds. The van der Waals surface area contributed by atoms with Gasteiger partial charge in [-0.05, 0) is 25.0 Å². The zero-order chi connectivity index (χ0) is 11.3. The van der Waals surface area contributed by atoms with Crippen LogP contribution >= 0.6 is 15.9 Å². The van der Waals surface area contributed by atoms with Gasteiger partial charge in [0.25, 0.3) is 0 Å². The molecule has 0 fully saturated rings. The zero-order valence-electron chi connectivity index (χ0n) is 8.21. The van der Waals surface area contributed by atoms with Gasteiger partial charge in [0.1, 0.15) is 5.82 Å². The Morgan fingerprint density at radius 1 is 1.53 bits per heavy atom. The molecule has 0 spiro atoms. The third kappa shape index (κ3) is 3.65. The van der Waals surface area contributed by atoms with E-state index in [0.29, 0.717) is 29.3 Å². The molecule has 0 bridgehead atoms. The summed E-state index contributed by atoms with van der Waals surface area (Å²) >= 11 is 3.16. The molecule has 1 atom stereocenters. The lowest BCUT2D eigenvalue weighted by Crippen LogP contribution is -2.00. The summed E-state index contributed by atoms with van der Waals surface area (Å²) in [5.41, 5.74) is 0.329. The molecule has 0 heterocycles. The van der Waals surface area contributed by atoms with E-state index in [4.69, 9.17) is 6.42 Å². The maximum absolute atomic E-state index is 13.4. The highest BCUT2D eigenvalue weighted by atomic mass is 79.9. The Balaban J connectivity index is 2.66. The molecule has 80 valence electrons. The lowest BCUT2D eigenvalue weighted by Gasteiger charge is -2.11. The Morgan fingerprint density at radius 3 is 2.87 bits per heavy atom. The summed E-state index contributed by atoms with van der Waals surface area (Å²) in [4.78, 5) is 0. The van der Waals surface area contributed by atoms with Crippen molar-refractivity contribution in [2.45, 2.75) is 25.4 Å². The molecule has 0 aliphatic carbocycles. The van der Waals surface area contributed by atoms with Crippen LogP contribution in [0.4, 0.5) is 4.39 Å². The minimum Gasteiger partial charge on any atom is -0.388 e. The summed E-state index contributed by atoms with van der Waals surface area (Å²) in [6, 6.07) is 4.64. The molecule has 1 rings (SSSR count). The van der Waals surface area contributed by atoms with Crippen LogP contribution in [0, 0.1) is 18.2 Å². The van der Waals surface area contributed by atoms with Crippen LogP contribution in [0.25, 0.3) is 0 Å². The van der Waals surface area contributed by atoms with Crippen LogP contribution in [-0.2, 0) is 0 Å². The van der Waals surface area contributed by atoms with Crippen molar-refractivity contribution in [1.29, 1.82) is 0 Å². The van der Waals surface area contributed by atoms with E-state index in [1.807, 2.05) is 0 Å². The van der Waals surface area contributed by atoms with Crippen molar-refractivity contribution in [1.82, 2.24) is 0 Å². The highest BCUT2D eigenvalue weighted by molar-refractivity contribution is 9.10. The lowest BCUT2D eigenvalue weighted by atomic mass is 10.0. The summed E-state index contributed by atoms with van der Waals surface area (Å²) in [6.45, 7) is 0. The van der Waals surface area contributed by atoms with Crippen molar-refractivity contribution < 1.29 is 9.50 Å². The van der Waals surface area contributed by atoms with E-state index in [0.717, 1.165) is 0 Å². The molecular formula is C12H12BrFO. The third-order valence-electron chi connectivity index (χ3n) is 2.12. The fraction of sp³-hybridized carbons (Fsp3) is 0.333. The Kier molecular flexibility index (Phi) is 4.80. The first kappa shape index (κ1) is 12.2. The van der Waals surface area contributed by atoms with Crippen LogP contribution in [0.15, 0.2) is 22.7 Å². The van der Waals surface area contributed by atoms with Crippen molar-refractivity contribution in [2.75, 3.05) is 0 Å². The molecule has 1 aromatic carbocycles. The number of hydrogen-bond acceptors (Lipinski definition) is 1. The Morgan fingerprint density at radius 2 is 2.27 bits per heavy atom. The Hall–Kier alpha value is -0.850. The van der Waals surface area contributed by atoms with Gasteiger partial charge >= 0.3 is 0 Å². The second kappa shape index (κ2) is 5.89. The number of terminal acetylenes is 1. The van der Waals surface area contributed by atoms with Crippen LogP contribution in [0.5, 0.6) is 0 Å². The van der Waals surface area contributed by atoms with Crippen molar-refractivity contribution >= 4 is 15.9 Å². The highest BCUT2D eigenvalue weighted by Crippen LogP contribution is 2.24. The van der Waals surface area contributed by atoms with Crippen molar-refractivity contribution in [3.05, 3.63) is 34.1 Å². The average Bonchev–Trinajstić information content (AvgIpc) is 2.17. The van der Waals surface area contributed by atoms with Crippen molar-refractivity contribution in [3.63, 3.8) is 0 Å². The Bertz CT molecular complexity index is 370. The predicted molar refractivity (Wildman–Crippen MR) is 61.7 cm³/mol. The van der Waals surface area contributed by atoms with E-state index in [9.17, 15) is 9.50 Å². The van der Waals surface area contributed by atoms with E-state index in [2.05, 4.69) is 21.9 Å². The second-order valence-electron chi connectivity index (χ2n) is 3.28.